The Hall–Kier alpha value is -2.05. The van der Waals surface area contributed by atoms with Crippen LogP contribution in [0.15, 0.2) is 30.6 Å². The SMILES string of the molecule is COC[C@H]1CN(Cc2ccc3nccnc3c2)CCN(C(C)=O)C1. The highest BCUT2D eigenvalue weighted by Crippen LogP contribution is 2.16. The van der Waals surface area contributed by atoms with Crippen molar-refractivity contribution < 1.29 is 9.53 Å². The average molecular weight is 328 g/mol. The zero-order chi connectivity index (χ0) is 16.9. The van der Waals surface area contributed by atoms with Crippen LogP contribution in [0.5, 0.6) is 0 Å². The van der Waals surface area contributed by atoms with E-state index in [0.717, 1.165) is 43.8 Å². The molecule has 1 aliphatic heterocycles. The molecule has 3 rings (SSSR count). The molecule has 0 radical (unpaired) electrons. The van der Waals surface area contributed by atoms with Crippen LogP contribution in [-0.2, 0) is 16.1 Å². The highest BCUT2D eigenvalue weighted by molar-refractivity contribution is 5.74. The third-order valence-electron chi connectivity index (χ3n) is 4.47. The van der Waals surface area contributed by atoms with Crippen LogP contribution < -0.4 is 0 Å². The van der Waals surface area contributed by atoms with Crippen LogP contribution >= 0.6 is 0 Å². The lowest BCUT2D eigenvalue weighted by Gasteiger charge is -2.23. The van der Waals surface area contributed by atoms with Crippen LogP contribution in [0.25, 0.3) is 11.0 Å². The maximum Gasteiger partial charge on any atom is 0.219 e. The predicted octanol–water partition coefficient (Wildman–Crippen LogP) is 1.56. The van der Waals surface area contributed by atoms with Crippen LogP contribution in [0, 0.1) is 5.92 Å². The summed E-state index contributed by atoms with van der Waals surface area (Å²) in [6.07, 6.45) is 3.43. The van der Waals surface area contributed by atoms with E-state index in [1.54, 1.807) is 26.4 Å². The van der Waals surface area contributed by atoms with Gasteiger partial charge in [-0.2, -0.15) is 0 Å². The summed E-state index contributed by atoms with van der Waals surface area (Å²) >= 11 is 0. The molecule has 0 saturated carbocycles. The summed E-state index contributed by atoms with van der Waals surface area (Å²) in [5.41, 5.74) is 3.05. The van der Waals surface area contributed by atoms with Gasteiger partial charge in [-0.05, 0) is 17.7 Å². The van der Waals surface area contributed by atoms with Crippen molar-refractivity contribution in [3.63, 3.8) is 0 Å². The standard InChI is InChI=1S/C18H24N4O2/c1-14(23)22-8-7-21(11-16(12-22)13-24-2)10-15-3-4-17-18(9-15)20-6-5-19-17/h3-6,9,16H,7-8,10-13H2,1-2H3/t16-/m0/s1. The number of ether oxygens (including phenoxy) is 1. The minimum Gasteiger partial charge on any atom is -0.384 e. The van der Waals surface area contributed by atoms with Gasteiger partial charge in [-0.3, -0.25) is 19.7 Å². The van der Waals surface area contributed by atoms with Crippen molar-refractivity contribution in [1.82, 2.24) is 19.8 Å². The quantitative estimate of drug-likeness (QED) is 0.852. The number of hydrogen-bond donors (Lipinski definition) is 0. The van der Waals surface area contributed by atoms with Crippen molar-refractivity contribution in [2.24, 2.45) is 5.92 Å². The average Bonchev–Trinajstić information content (AvgIpc) is 2.77. The number of carbonyl (C=O) groups excluding carboxylic acids is 1. The Bertz CT molecular complexity index is 706. The Morgan fingerprint density at radius 1 is 1.21 bits per heavy atom. The molecule has 1 saturated heterocycles. The van der Waals surface area contributed by atoms with E-state index in [9.17, 15) is 4.79 Å². The molecule has 0 aliphatic carbocycles. The lowest BCUT2D eigenvalue weighted by molar-refractivity contribution is -0.129. The van der Waals surface area contributed by atoms with Gasteiger partial charge in [0.2, 0.25) is 5.91 Å². The fourth-order valence-corrected chi connectivity index (χ4v) is 3.32. The van der Waals surface area contributed by atoms with Crippen molar-refractivity contribution in [2.45, 2.75) is 13.5 Å². The van der Waals surface area contributed by atoms with Gasteiger partial charge in [0.25, 0.3) is 0 Å². The van der Waals surface area contributed by atoms with E-state index >= 15 is 0 Å². The van der Waals surface area contributed by atoms with E-state index < -0.39 is 0 Å². The molecule has 1 aliphatic rings. The number of hydrogen-bond acceptors (Lipinski definition) is 5. The van der Waals surface area contributed by atoms with E-state index in [1.165, 1.54) is 5.56 Å². The molecular weight excluding hydrogens is 304 g/mol. The maximum absolute atomic E-state index is 11.8. The first-order chi connectivity index (χ1) is 11.7. The molecule has 1 amide bonds. The summed E-state index contributed by atoms with van der Waals surface area (Å²) in [6.45, 7) is 6.49. The number of rotatable bonds is 4. The Labute approximate surface area is 142 Å². The second-order valence-corrected chi connectivity index (χ2v) is 6.40. The summed E-state index contributed by atoms with van der Waals surface area (Å²) < 4.78 is 5.34. The highest BCUT2D eigenvalue weighted by atomic mass is 16.5. The Kier molecular flexibility index (Phi) is 5.37. The van der Waals surface area contributed by atoms with E-state index in [4.69, 9.17) is 4.74 Å². The monoisotopic (exact) mass is 328 g/mol. The molecule has 0 bridgehead atoms. The Balaban J connectivity index is 1.73. The fraction of sp³-hybridized carbons (Fsp3) is 0.500. The number of aromatic nitrogens is 2. The van der Waals surface area contributed by atoms with Crippen LogP contribution in [0.2, 0.25) is 0 Å². The minimum atomic E-state index is 0.138. The third-order valence-corrected chi connectivity index (χ3v) is 4.47. The number of amides is 1. The minimum absolute atomic E-state index is 0.138. The molecule has 128 valence electrons. The van der Waals surface area contributed by atoms with Gasteiger partial charge >= 0.3 is 0 Å². The highest BCUT2D eigenvalue weighted by Gasteiger charge is 2.24. The molecule has 0 N–H and O–H groups in total. The second-order valence-electron chi connectivity index (χ2n) is 6.40. The molecule has 1 aromatic carbocycles. The van der Waals surface area contributed by atoms with E-state index in [-0.39, 0.29) is 5.91 Å². The molecule has 6 heteroatoms. The first-order valence-corrected chi connectivity index (χ1v) is 8.32. The number of fused-ring (bicyclic) bond motifs is 1. The van der Waals surface area contributed by atoms with Crippen LogP contribution in [0.3, 0.4) is 0 Å². The van der Waals surface area contributed by atoms with Crippen LogP contribution in [0.1, 0.15) is 12.5 Å². The van der Waals surface area contributed by atoms with Crippen molar-refractivity contribution in [2.75, 3.05) is 39.9 Å². The normalized spacial score (nSPS) is 19.4. The smallest absolute Gasteiger partial charge is 0.219 e. The first-order valence-electron chi connectivity index (χ1n) is 8.32. The second kappa shape index (κ2) is 7.68. The zero-order valence-corrected chi connectivity index (χ0v) is 14.3. The third kappa shape index (κ3) is 4.07. The lowest BCUT2D eigenvalue weighted by Crippen LogP contribution is -2.35. The summed E-state index contributed by atoms with van der Waals surface area (Å²) in [5.74, 6) is 0.473. The van der Waals surface area contributed by atoms with Gasteiger partial charge in [-0.1, -0.05) is 6.07 Å². The summed E-state index contributed by atoms with van der Waals surface area (Å²) in [5, 5.41) is 0. The van der Waals surface area contributed by atoms with Gasteiger partial charge in [0.05, 0.1) is 17.6 Å². The fourth-order valence-electron chi connectivity index (χ4n) is 3.32. The van der Waals surface area contributed by atoms with Crippen LogP contribution in [0.4, 0.5) is 0 Å². The molecule has 1 fully saturated rings. The van der Waals surface area contributed by atoms with Crippen molar-refractivity contribution in [1.29, 1.82) is 0 Å². The van der Waals surface area contributed by atoms with Crippen molar-refractivity contribution in [3.05, 3.63) is 36.2 Å². The molecule has 1 aromatic heterocycles. The van der Waals surface area contributed by atoms with E-state index in [1.807, 2.05) is 11.0 Å². The number of nitrogens with zero attached hydrogens (tertiary/aromatic N) is 4. The molecule has 2 heterocycles. The van der Waals surface area contributed by atoms with Gasteiger partial charge < -0.3 is 9.64 Å². The topological polar surface area (TPSA) is 58.6 Å². The summed E-state index contributed by atoms with van der Waals surface area (Å²) in [7, 11) is 1.72. The van der Waals surface area contributed by atoms with Gasteiger partial charge in [0.1, 0.15) is 0 Å². The largest absolute Gasteiger partial charge is 0.384 e. The van der Waals surface area contributed by atoms with Gasteiger partial charge in [-0.15, -0.1) is 0 Å². The molecule has 6 nitrogen and oxygen atoms in total. The van der Waals surface area contributed by atoms with Crippen molar-refractivity contribution >= 4 is 16.9 Å². The van der Waals surface area contributed by atoms with E-state index in [0.29, 0.717) is 12.5 Å². The molecular formula is C18H24N4O2. The lowest BCUT2D eigenvalue weighted by atomic mass is 10.1. The number of benzene rings is 1. The molecule has 0 spiro atoms. The molecule has 0 unspecified atom stereocenters. The number of carbonyl (C=O) groups is 1. The first kappa shape index (κ1) is 16.8. The van der Waals surface area contributed by atoms with Gasteiger partial charge in [0.15, 0.2) is 0 Å². The molecule has 1 atom stereocenters. The van der Waals surface area contributed by atoms with Crippen molar-refractivity contribution in [3.8, 4) is 0 Å². The molecule has 2 aromatic rings. The number of methoxy groups -OCH3 is 1. The predicted molar refractivity (Wildman–Crippen MR) is 92.4 cm³/mol. The Morgan fingerprint density at radius 3 is 2.75 bits per heavy atom. The maximum atomic E-state index is 11.8. The van der Waals surface area contributed by atoms with Gasteiger partial charge in [0, 0.05) is 65.1 Å². The zero-order valence-electron chi connectivity index (χ0n) is 14.3. The summed E-state index contributed by atoms with van der Waals surface area (Å²) in [4.78, 5) is 24.8. The summed E-state index contributed by atoms with van der Waals surface area (Å²) in [6, 6.07) is 6.22. The van der Waals surface area contributed by atoms with E-state index in [2.05, 4.69) is 27.0 Å². The molecule has 24 heavy (non-hydrogen) atoms. The Morgan fingerprint density at radius 2 is 2.00 bits per heavy atom. The van der Waals surface area contributed by atoms with Gasteiger partial charge in [-0.25, -0.2) is 0 Å². The van der Waals surface area contributed by atoms with Crippen LogP contribution in [-0.4, -0.2) is 65.6 Å².